The zero-order chi connectivity index (χ0) is 13.5. The van der Waals surface area contributed by atoms with Crippen LogP contribution in [0.15, 0.2) is 14.7 Å². The molecule has 5 nitrogen and oxygen atoms in total. The largest absolute Gasteiger partial charge is 0.480 e. The first-order chi connectivity index (χ1) is 8.34. The molecule has 0 unspecified atom stereocenters. The van der Waals surface area contributed by atoms with Crippen LogP contribution in [0.3, 0.4) is 0 Å². The van der Waals surface area contributed by atoms with Crippen LogP contribution in [0.1, 0.15) is 17.7 Å². The van der Waals surface area contributed by atoms with E-state index >= 15 is 0 Å². The van der Waals surface area contributed by atoms with E-state index in [4.69, 9.17) is 5.11 Å². The molecule has 0 bridgehead atoms. The van der Waals surface area contributed by atoms with Crippen LogP contribution >= 0.6 is 27.3 Å². The molecule has 2 heterocycles. The molecule has 1 N–H and O–H groups in total. The number of carboxylic acid groups (broad SMARTS) is 1. The highest BCUT2D eigenvalue weighted by Crippen LogP contribution is 2.36. The van der Waals surface area contributed by atoms with Crippen molar-refractivity contribution in [1.29, 1.82) is 0 Å². The van der Waals surface area contributed by atoms with Crippen LogP contribution in [0.2, 0.25) is 0 Å². The van der Waals surface area contributed by atoms with Crippen molar-refractivity contribution in [3.8, 4) is 0 Å². The molecule has 1 atom stereocenters. The SMILES string of the molecule is Cc1cc(Br)c(S(=O)(=O)N2CCC[C@H]2C(=O)O)s1. The van der Waals surface area contributed by atoms with E-state index in [-0.39, 0.29) is 10.8 Å². The third-order valence-corrected chi connectivity index (χ3v) is 7.43. The summed E-state index contributed by atoms with van der Waals surface area (Å²) < 4.78 is 26.6. The number of thiophene rings is 1. The Labute approximate surface area is 118 Å². The fourth-order valence-electron chi connectivity index (χ4n) is 2.02. The highest BCUT2D eigenvalue weighted by Gasteiger charge is 2.40. The van der Waals surface area contributed by atoms with Gasteiger partial charge in [0.05, 0.1) is 0 Å². The number of halogens is 1. The summed E-state index contributed by atoms with van der Waals surface area (Å²) in [6.07, 6.45) is 0.953. The maximum atomic E-state index is 12.4. The van der Waals surface area contributed by atoms with Crippen molar-refractivity contribution in [2.75, 3.05) is 6.54 Å². The van der Waals surface area contributed by atoms with Gasteiger partial charge in [-0.2, -0.15) is 4.31 Å². The molecule has 0 amide bonds. The van der Waals surface area contributed by atoms with E-state index in [0.29, 0.717) is 17.3 Å². The van der Waals surface area contributed by atoms with E-state index in [0.717, 1.165) is 20.5 Å². The summed E-state index contributed by atoms with van der Waals surface area (Å²) in [6.45, 7) is 2.08. The van der Waals surface area contributed by atoms with E-state index in [2.05, 4.69) is 15.9 Å². The minimum atomic E-state index is -3.72. The molecule has 0 saturated carbocycles. The number of sulfonamides is 1. The van der Waals surface area contributed by atoms with E-state index < -0.39 is 22.0 Å². The minimum Gasteiger partial charge on any atom is -0.480 e. The standard InChI is InChI=1S/C10H12BrNO4S2/c1-6-5-7(11)10(17-6)18(15,16)12-4-2-3-8(12)9(13)14/h5,8H,2-4H2,1H3,(H,13,14)/t8-/m0/s1. The molecule has 1 aromatic rings. The lowest BCUT2D eigenvalue weighted by atomic mass is 10.2. The van der Waals surface area contributed by atoms with Gasteiger partial charge < -0.3 is 5.11 Å². The maximum Gasteiger partial charge on any atom is 0.322 e. The lowest BCUT2D eigenvalue weighted by Crippen LogP contribution is -2.40. The van der Waals surface area contributed by atoms with Crippen LogP contribution in [0, 0.1) is 6.92 Å². The van der Waals surface area contributed by atoms with Crippen molar-refractivity contribution in [3.63, 3.8) is 0 Å². The van der Waals surface area contributed by atoms with Crippen LogP contribution in [0.5, 0.6) is 0 Å². The van der Waals surface area contributed by atoms with Crippen molar-refractivity contribution in [2.45, 2.75) is 30.0 Å². The highest BCUT2D eigenvalue weighted by atomic mass is 79.9. The van der Waals surface area contributed by atoms with Gasteiger partial charge in [-0.3, -0.25) is 4.79 Å². The molecular weight excluding hydrogens is 342 g/mol. The number of hydrogen-bond donors (Lipinski definition) is 1. The Morgan fingerprint density at radius 2 is 2.28 bits per heavy atom. The molecule has 1 aliphatic rings. The Morgan fingerprint density at radius 1 is 1.61 bits per heavy atom. The summed E-state index contributed by atoms with van der Waals surface area (Å²) in [6, 6.07) is 0.785. The molecule has 0 spiro atoms. The van der Waals surface area contributed by atoms with Gasteiger partial charge in [-0.05, 0) is 41.8 Å². The van der Waals surface area contributed by atoms with Crippen molar-refractivity contribution >= 4 is 43.3 Å². The van der Waals surface area contributed by atoms with Gasteiger partial charge in [0.1, 0.15) is 10.3 Å². The highest BCUT2D eigenvalue weighted by molar-refractivity contribution is 9.10. The fourth-order valence-corrected chi connectivity index (χ4v) is 6.52. The molecule has 2 rings (SSSR count). The van der Waals surface area contributed by atoms with Crippen molar-refractivity contribution < 1.29 is 18.3 Å². The van der Waals surface area contributed by atoms with Gasteiger partial charge >= 0.3 is 5.97 Å². The maximum absolute atomic E-state index is 12.4. The van der Waals surface area contributed by atoms with Crippen molar-refractivity contribution in [3.05, 3.63) is 15.4 Å². The summed E-state index contributed by atoms with van der Waals surface area (Å²) in [4.78, 5) is 11.9. The molecule has 1 fully saturated rings. The van der Waals surface area contributed by atoms with Crippen LogP contribution < -0.4 is 0 Å². The Hall–Kier alpha value is -0.440. The number of carbonyl (C=O) groups is 1. The van der Waals surface area contributed by atoms with Crippen molar-refractivity contribution in [2.24, 2.45) is 0 Å². The Bertz CT molecular complexity index is 581. The third-order valence-electron chi connectivity index (χ3n) is 2.81. The molecule has 1 saturated heterocycles. The Kier molecular flexibility index (Phi) is 3.82. The number of hydrogen-bond acceptors (Lipinski definition) is 4. The first-order valence-electron chi connectivity index (χ1n) is 5.34. The van der Waals surface area contributed by atoms with Gasteiger partial charge in [0, 0.05) is 15.9 Å². The fraction of sp³-hybridized carbons (Fsp3) is 0.500. The number of rotatable bonds is 3. The van der Waals surface area contributed by atoms with E-state index in [1.54, 1.807) is 6.07 Å². The monoisotopic (exact) mass is 353 g/mol. The average Bonchev–Trinajstić information content (AvgIpc) is 2.84. The molecule has 0 aromatic carbocycles. The van der Waals surface area contributed by atoms with Gasteiger partial charge in [0.15, 0.2) is 0 Å². The number of carboxylic acids is 1. The van der Waals surface area contributed by atoms with Crippen LogP contribution in [-0.4, -0.2) is 36.4 Å². The summed E-state index contributed by atoms with van der Waals surface area (Å²) in [5.74, 6) is -1.08. The summed E-state index contributed by atoms with van der Waals surface area (Å²) in [7, 11) is -3.72. The van der Waals surface area contributed by atoms with Gasteiger partial charge in [-0.1, -0.05) is 0 Å². The lowest BCUT2D eigenvalue weighted by molar-refractivity contribution is -0.140. The number of aryl methyl sites for hydroxylation is 1. The normalized spacial score (nSPS) is 21.3. The molecule has 100 valence electrons. The first-order valence-corrected chi connectivity index (χ1v) is 8.39. The summed E-state index contributed by atoms with van der Waals surface area (Å²) in [5.41, 5.74) is 0. The van der Waals surface area contributed by atoms with Gasteiger partial charge in [0.25, 0.3) is 10.0 Å². The van der Waals surface area contributed by atoms with Crippen LogP contribution in [0.25, 0.3) is 0 Å². The molecule has 0 radical (unpaired) electrons. The average molecular weight is 354 g/mol. The molecule has 1 aromatic heterocycles. The third kappa shape index (κ3) is 2.34. The summed E-state index contributed by atoms with van der Waals surface area (Å²) >= 11 is 4.37. The smallest absolute Gasteiger partial charge is 0.322 e. The van der Waals surface area contributed by atoms with E-state index in [9.17, 15) is 13.2 Å². The van der Waals surface area contributed by atoms with Gasteiger partial charge in [0.2, 0.25) is 0 Å². The number of nitrogens with zero attached hydrogens (tertiary/aromatic N) is 1. The second-order valence-corrected chi connectivity index (χ2v) is 8.30. The quantitative estimate of drug-likeness (QED) is 0.902. The molecule has 1 aliphatic heterocycles. The number of aliphatic carboxylic acids is 1. The van der Waals surface area contributed by atoms with Crippen molar-refractivity contribution in [1.82, 2.24) is 4.31 Å². The molecular formula is C10H12BrNO4S2. The van der Waals surface area contributed by atoms with E-state index in [1.807, 2.05) is 6.92 Å². The first kappa shape index (κ1) is 14.0. The molecule has 0 aliphatic carbocycles. The second kappa shape index (κ2) is 4.92. The Morgan fingerprint density at radius 3 is 2.78 bits per heavy atom. The van der Waals surface area contributed by atoms with Gasteiger partial charge in [-0.25, -0.2) is 8.42 Å². The van der Waals surface area contributed by atoms with E-state index in [1.165, 1.54) is 0 Å². The molecule has 8 heteroatoms. The minimum absolute atomic E-state index is 0.188. The molecule has 18 heavy (non-hydrogen) atoms. The van der Waals surface area contributed by atoms with Gasteiger partial charge in [-0.15, -0.1) is 11.3 Å². The van der Waals surface area contributed by atoms with Crippen LogP contribution in [-0.2, 0) is 14.8 Å². The lowest BCUT2D eigenvalue weighted by Gasteiger charge is -2.20. The predicted molar refractivity (Wildman–Crippen MR) is 71.3 cm³/mol. The predicted octanol–water partition coefficient (Wildman–Crippen LogP) is 2.06. The summed E-state index contributed by atoms with van der Waals surface area (Å²) in [5, 5.41) is 9.05. The topological polar surface area (TPSA) is 74.7 Å². The second-order valence-electron chi connectivity index (χ2n) is 4.10. The van der Waals surface area contributed by atoms with Crippen LogP contribution in [0.4, 0.5) is 0 Å². The zero-order valence-electron chi connectivity index (χ0n) is 9.59. The Balaban J connectivity index is 2.43. The zero-order valence-corrected chi connectivity index (χ0v) is 12.8.